The number of rotatable bonds is 4. The van der Waals surface area contributed by atoms with Gasteiger partial charge in [-0.25, -0.2) is 0 Å². The van der Waals surface area contributed by atoms with Crippen LogP contribution in [0.2, 0.25) is 0 Å². The van der Waals surface area contributed by atoms with Gasteiger partial charge in [0.1, 0.15) is 12.4 Å². The van der Waals surface area contributed by atoms with Crippen molar-refractivity contribution in [2.45, 2.75) is 27.4 Å². The molecule has 2 aromatic carbocycles. The Morgan fingerprint density at radius 2 is 1.53 bits per heavy atom. The van der Waals surface area contributed by atoms with Crippen LogP contribution in [0.25, 0.3) is 5.76 Å². The van der Waals surface area contributed by atoms with Gasteiger partial charge in [-0.1, -0.05) is 75.0 Å². The maximum Gasteiger partial charge on any atom is 0.119 e. The van der Waals surface area contributed by atoms with E-state index in [1.807, 2.05) is 56.3 Å². The number of ether oxygens (including phenoxy) is 1. The van der Waals surface area contributed by atoms with Gasteiger partial charge < -0.3 is 4.74 Å². The summed E-state index contributed by atoms with van der Waals surface area (Å²) in [5, 5.41) is 0. The van der Waals surface area contributed by atoms with Crippen LogP contribution in [0.4, 0.5) is 0 Å². The first-order chi connectivity index (χ1) is 9.27. The van der Waals surface area contributed by atoms with Gasteiger partial charge in [-0.05, 0) is 18.1 Å². The molecule has 0 saturated heterocycles. The van der Waals surface area contributed by atoms with Gasteiger partial charge in [0.25, 0.3) is 0 Å². The maximum absolute atomic E-state index is 5.70. The molecule has 1 nitrogen and oxygen atoms in total. The molecule has 2 rings (SSSR count). The molecule has 0 atom stereocenters. The molecule has 0 heterocycles. The van der Waals surface area contributed by atoms with E-state index in [0.29, 0.717) is 12.4 Å². The summed E-state index contributed by atoms with van der Waals surface area (Å²) in [6, 6.07) is 18.2. The lowest BCUT2D eigenvalue weighted by atomic mass is 10.1. The predicted octanol–water partition coefficient (Wildman–Crippen LogP) is 5.21. The van der Waals surface area contributed by atoms with Crippen molar-refractivity contribution in [2.75, 3.05) is 0 Å². The molecule has 0 aromatic heterocycles. The van der Waals surface area contributed by atoms with Crippen molar-refractivity contribution in [3.63, 3.8) is 0 Å². The number of aryl methyl sites for hydroxylation is 1. The van der Waals surface area contributed by atoms with Gasteiger partial charge in [-0.15, -0.1) is 0 Å². The standard InChI is InChI=1S/C16H16O.C2H6/c1-13-8-6-7-11-16(13)12-17-14(2)15-9-4-3-5-10-15;1-2/h3-11H,2,12H2,1H3;1-2H3. The molecule has 0 aliphatic rings. The van der Waals surface area contributed by atoms with Crippen molar-refractivity contribution in [1.82, 2.24) is 0 Å². The van der Waals surface area contributed by atoms with Crippen LogP contribution in [0, 0.1) is 6.92 Å². The molecule has 0 fully saturated rings. The molecular weight excluding hydrogens is 232 g/mol. The van der Waals surface area contributed by atoms with E-state index in [0.717, 1.165) is 5.56 Å². The minimum Gasteiger partial charge on any atom is -0.489 e. The van der Waals surface area contributed by atoms with E-state index in [4.69, 9.17) is 4.74 Å². The smallest absolute Gasteiger partial charge is 0.119 e. The van der Waals surface area contributed by atoms with Gasteiger partial charge in [0, 0.05) is 5.56 Å². The number of benzene rings is 2. The Bertz CT molecular complexity index is 500. The summed E-state index contributed by atoms with van der Waals surface area (Å²) in [5.74, 6) is 0.717. The minimum atomic E-state index is 0.570. The molecule has 0 radical (unpaired) electrons. The van der Waals surface area contributed by atoms with Crippen molar-refractivity contribution in [2.24, 2.45) is 0 Å². The molecule has 0 unspecified atom stereocenters. The molecule has 0 N–H and O–H groups in total. The molecule has 0 aliphatic heterocycles. The van der Waals surface area contributed by atoms with Gasteiger partial charge in [0.05, 0.1) is 0 Å². The van der Waals surface area contributed by atoms with Crippen molar-refractivity contribution in [3.05, 3.63) is 77.9 Å². The molecule has 19 heavy (non-hydrogen) atoms. The zero-order chi connectivity index (χ0) is 14.1. The lowest BCUT2D eigenvalue weighted by Crippen LogP contribution is -1.94. The second-order valence-corrected chi connectivity index (χ2v) is 4.00. The lowest BCUT2D eigenvalue weighted by Gasteiger charge is -2.10. The van der Waals surface area contributed by atoms with Gasteiger partial charge >= 0.3 is 0 Å². The largest absolute Gasteiger partial charge is 0.489 e. The quantitative estimate of drug-likeness (QED) is 0.681. The van der Waals surface area contributed by atoms with Crippen molar-refractivity contribution in [3.8, 4) is 0 Å². The maximum atomic E-state index is 5.70. The van der Waals surface area contributed by atoms with Crippen LogP contribution in [0.5, 0.6) is 0 Å². The number of hydrogen-bond donors (Lipinski definition) is 0. The molecule has 0 bridgehead atoms. The van der Waals surface area contributed by atoms with Crippen LogP contribution >= 0.6 is 0 Å². The Hall–Kier alpha value is -2.02. The van der Waals surface area contributed by atoms with E-state index < -0.39 is 0 Å². The Morgan fingerprint density at radius 3 is 2.16 bits per heavy atom. The third-order valence-electron chi connectivity index (χ3n) is 2.76. The predicted molar refractivity (Wildman–Crippen MR) is 82.8 cm³/mol. The summed E-state index contributed by atoms with van der Waals surface area (Å²) in [6.45, 7) is 10.6. The van der Waals surface area contributed by atoms with E-state index in [1.54, 1.807) is 0 Å². The molecule has 1 heteroatoms. The van der Waals surface area contributed by atoms with Crippen molar-refractivity contribution < 1.29 is 4.74 Å². The fraction of sp³-hybridized carbons (Fsp3) is 0.222. The van der Waals surface area contributed by atoms with E-state index in [1.165, 1.54) is 11.1 Å². The molecule has 100 valence electrons. The summed E-state index contributed by atoms with van der Waals surface area (Å²) in [5.41, 5.74) is 3.47. The average Bonchev–Trinajstić information content (AvgIpc) is 2.49. The SMILES string of the molecule is C=C(OCc1ccccc1C)c1ccccc1.CC. The first kappa shape index (κ1) is 15.0. The van der Waals surface area contributed by atoms with Gasteiger partial charge in [-0.2, -0.15) is 0 Å². The Morgan fingerprint density at radius 1 is 0.947 bits per heavy atom. The van der Waals surface area contributed by atoms with Crippen molar-refractivity contribution >= 4 is 5.76 Å². The van der Waals surface area contributed by atoms with Crippen LogP contribution in [-0.4, -0.2) is 0 Å². The highest BCUT2D eigenvalue weighted by Gasteiger charge is 2.01. The fourth-order valence-corrected chi connectivity index (χ4v) is 1.64. The van der Waals surface area contributed by atoms with E-state index in [2.05, 4.69) is 25.6 Å². The third kappa shape index (κ3) is 4.63. The van der Waals surface area contributed by atoms with E-state index >= 15 is 0 Å². The average molecular weight is 254 g/mol. The molecule has 2 aromatic rings. The lowest BCUT2D eigenvalue weighted by molar-refractivity contribution is 0.264. The van der Waals surface area contributed by atoms with Crippen LogP contribution in [-0.2, 0) is 11.3 Å². The van der Waals surface area contributed by atoms with E-state index in [9.17, 15) is 0 Å². The molecule has 0 aliphatic carbocycles. The second-order valence-electron chi connectivity index (χ2n) is 4.00. The van der Waals surface area contributed by atoms with Crippen molar-refractivity contribution in [1.29, 1.82) is 0 Å². The molecule has 0 spiro atoms. The highest BCUT2D eigenvalue weighted by molar-refractivity contribution is 5.57. The fourth-order valence-electron chi connectivity index (χ4n) is 1.64. The van der Waals surface area contributed by atoms with Gasteiger partial charge in [0.15, 0.2) is 0 Å². The third-order valence-corrected chi connectivity index (χ3v) is 2.76. The second kappa shape index (κ2) is 8.15. The monoisotopic (exact) mass is 254 g/mol. The molecule has 0 amide bonds. The summed E-state index contributed by atoms with van der Waals surface area (Å²) in [4.78, 5) is 0. The minimum absolute atomic E-state index is 0.570. The first-order valence-corrected chi connectivity index (χ1v) is 6.69. The number of hydrogen-bond acceptors (Lipinski definition) is 1. The summed E-state index contributed by atoms with van der Waals surface area (Å²) in [6.07, 6.45) is 0. The summed E-state index contributed by atoms with van der Waals surface area (Å²) < 4.78 is 5.70. The topological polar surface area (TPSA) is 9.23 Å². The zero-order valence-corrected chi connectivity index (χ0v) is 12.0. The highest BCUT2D eigenvalue weighted by Crippen LogP contribution is 2.16. The van der Waals surface area contributed by atoms with Crippen LogP contribution in [0.15, 0.2) is 61.2 Å². The summed E-state index contributed by atoms with van der Waals surface area (Å²) in [7, 11) is 0. The van der Waals surface area contributed by atoms with Crippen LogP contribution in [0.1, 0.15) is 30.5 Å². The zero-order valence-electron chi connectivity index (χ0n) is 12.0. The van der Waals surface area contributed by atoms with Crippen LogP contribution < -0.4 is 0 Å². The van der Waals surface area contributed by atoms with Gasteiger partial charge in [-0.3, -0.25) is 0 Å². The Balaban J connectivity index is 0.000000861. The molecule has 0 saturated carbocycles. The highest BCUT2D eigenvalue weighted by atomic mass is 16.5. The first-order valence-electron chi connectivity index (χ1n) is 6.69. The van der Waals surface area contributed by atoms with Gasteiger partial charge in [0.2, 0.25) is 0 Å². The summed E-state index contributed by atoms with van der Waals surface area (Å²) >= 11 is 0. The molecular formula is C18H22O. The Labute approximate surface area is 116 Å². The van der Waals surface area contributed by atoms with Crippen LogP contribution in [0.3, 0.4) is 0 Å². The normalized spacial score (nSPS) is 9.21. The van der Waals surface area contributed by atoms with E-state index in [-0.39, 0.29) is 0 Å². The Kier molecular flexibility index (Phi) is 6.45.